The molecule has 3 unspecified atom stereocenters. The fourth-order valence-corrected chi connectivity index (χ4v) is 1.95. The van der Waals surface area contributed by atoms with Gasteiger partial charge in [-0.1, -0.05) is 0 Å². The highest BCUT2D eigenvalue weighted by Gasteiger charge is 2.28. The number of carboxylic acids is 1. The predicted molar refractivity (Wildman–Crippen MR) is 94.0 cm³/mol. The smallest absolute Gasteiger partial charge is 0.322 e. The largest absolute Gasteiger partial charge is 0.480 e. The van der Waals surface area contributed by atoms with Gasteiger partial charge in [-0.2, -0.15) is 25.3 Å². The number of rotatable bonds is 11. The normalized spacial score (nSPS) is 13.9. The molecule has 142 valence electrons. The standard InChI is InChI=1S/C12H21N5O6S2/c13-5(3-24)10(21)17-7(4-25)12(23)16-6(1-8(14)18)11(22)15-2-9(19)20/h5-7,24-25H,1-4,13H2,(H2,14,18)(H,15,22)(H,16,23)(H,17,21)(H,19,20). The third-order valence-corrected chi connectivity index (χ3v) is 3.56. The Bertz CT molecular complexity index is 532. The molecule has 0 aliphatic heterocycles. The number of nitrogens with one attached hydrogen (secondary N) is 3. The zero-order valence-electron chi connectivity index (χ0n) is 13.1. The van der Waals surface area contributed by atoms with E-state index in [1.54, 1.807) is 0 Å². The van der Waals surface area contributed by atoms with Gasteiger partial charge in [-0.25, -0.2) is 0 Å². The Hall–Kier alpha value is -1.99. The van der Waals surface area contributed by atoms with Gasteiger partial charge in [-0.05, 0) is 0 Å². The van der Waals surface area contributed by atoms with Crippen LogP contribution in [0.3, 0.4) is 0 Å². The summed E-state index contributed by atoms with van der Waals surface area (Å²) in [6.07, 6.45) is -0.555. The third kappa shape index (κ3) is 9.16. The molecule has 0 fully saturated rings. The maximum absolute atomic E-state index is 12.2. The third-order valence-electron chi connectivity index (χ3n) is 2.80. The lowest BCUT2D eigenvalue weighted by Crippen LogP contribution is -2.57. The van der Waals surface area contributed by atoms with Crippen LogP contribution < -0.4 is 27.4 Å². The minimum absolute atomic E-state index is 0.0502. The van der Waals surface area contributed by atoms with Crippen molar-refractivity contribution in [1.82, 2.24) is 16.0 Å². The molecule has 0 saturated carbocycles. The predicted octanol–water partition coefficient (Wildman–Crippen LogP) is -3.78. The van der Waals surface area contributed by atoms with Crippen LogP contribution in [0.5, 0.6) is 0 Å². The monoisotopic (exact) mass is 395 g/mol. The van der Waals surface area contributed by atoms with Crippen molar-refractivity contribution in [1.29, 1.82) is 0 Å². The zero-order valence-corrected chi connectivity index (χ0v) is 14.9. The quantitative estimate of drug-likeness (QED) is 0.164. The fourth-order valence-electron chi connectivity index (χ4n) is 1.52. The van der Waals surface area contributed by atoms with Crippen LogP contribution >= 0.6 is 25.3 Å². The van der Waals surface area contributed by atoms with E-state index in [1.807, 2.05) is 5.32 Å². The molecule has 0 spiro atoms. The van der Waals surface area contributed by atoms with Gasteiger partial charge in [0, 0.05) is 11.5 Å². The van der Waals surface area contributed by atoms with E-state index in [1.165, 1.54) is 0 Å². The van der Waals surface area contributed by atoms with Gasteiger partial charge < -0.3 is 32.5 Å². The molecule has 0 aliphatic carbocycles. The van der Waals surface area contributed by atoms with Crippen molar-refractivity contribution in [2.75, 3.05) is 18.1 Å². The number of aliphatic carboxylic acids is 1. The van der Waals surface area contributed by atoms with E-state index < -0.39 is 60.7 Å². The van der Waals surface area contributed by atoms with Gasteiger partial charge in [0.25, 0.3) is 0 Å². The van der Waals surface area contributed by atoms with E-state index in [9.17, 15) is 24.0 Å². The SMILES string of the molecule is NC(=O)CC(NC(=O)C(CS)NC(=O)C(N)CS)C(=O)NCC(=O)O. The number of thiol groups is 2. The summed E-state index contributed by atoms with van der Waals surface area (Å²) in [5.41, 5.74) is 10.5. The van der Waals surface area contributed by atoms with Gasteiger partial charge in [0.05, 0.1) is 12.5 Å². The second kappa shape index (κ2) is 11.5. The summed E-state index contributed by atoms with van der Waals surface area (Å²) in [4.78, 5) is 57.3. The highest BCUT2D eigenvalue weighted by molar-refractivity contribution is 7.80. The lowest BCUT2D eigenvalue weighted by molar-refractivity contribution is -0.138. The molecule has 25 heavy (non-hydrogen) atoms. The first kappa shape index (κ1) is 23.0. The van der Waals surface area contributed by atoms with Gasteiger partial charge >= 0.3 is 5.97 Å². The summed E-state index contributed by atoms with van der Waals surface area (Å²) in [6, 6.07) is -3.48. The molecule has 11 nitrogen and oxygen atoms in total. The Morgan fingerprint density at radius 3 is 1.92 bits per heavy atom. The van der Waals surface area contributed by atoms with E-state index in [4.69, 9.17) is 16.6 Å². The Labute approximate surface area is 154 Å². The summed E-state index contributed by atoms with van der Waals surface area (Å²) in [6.45, 7) is -0.701. The van der Waals surface area contributed by atoms with E-state index in [0.717, 1.165) is 0 Å². The number of hydrogen-bond acceptors (Lipinski definition) is 8. The average Bonchev–Trinajstić information content (AvgIpc) is 2.54. The molecule has 8 N–H and O–H groups in total. The molecule has 0 aromatic carbocycles. The second-order valence-electron chi connectivity index (χ2n) is 4.88. The highest BCUT2D eigenvalue weighted by atomic mass is 32.1. The molecule has 0 aromatic rings. The summed E-state index contributed by atoms with van der Waals surface area (Å²) in [5, 5.41) is 15.1. The molecule has 0 bridgehead atoms. The lowest BCUT2D eigenvalue weighted by atomic mass is 10.1. The molecule has 0 rings (SSSR count). The van der Waals surface area contributed by atoms with Crippen molar-refractivity contribution < 1.29 is 29.1 Å². The van der Waals surface area contributed by atoms with Crippen molar-refractivity contribution >= 4 is 54.9 Å². The topological polar surface area (TPSA) is 194 Å². The maximum atomic E-state index is 12.2. The molecule has 13 heteroatoms. The number of amides is 4. The first-order chi connectivity index (χ1) is 11.6. The van der Waals surface area contributed by atoms with Crippen LogP contribution in [0.1, 0.15) is 6.42 Å². The molecule has 0 aliphatic rings. The number of nitrogens with two attached hydrogens (primary N) is 2. The van der Waals surface area contributed by atoms with Gasteiger partial charge in [-0.3, -0.25) is 24.0 Å². The Balaban J connectivity index is 4.96. The van der Waals surface area contributed by atoms with E-state index in [-0.39, 0.29) is 11.5 Å². The van der Waals surface area contributed by atoms with Crippen molar-refractivity contribution in [2.45, 2.75) is 24.5 Å². The van der Waals surface area contributed by atoms with Crippen molar-refractivity contribution in [3.63, 3.8) is 0 Å². The van der Waals surface area contributed by atoms with Crippen LogP contribution in [-0.4, -0.2) is 70.9 Å². The minimum atomic E-state index is -1.40. The van der Waals surface area contributed by atoms with E-state index >= 15 is 0 Å². The number of primary amides is 1. The van der Waals surface area contributed by atoms with Crippen molar-refractivity contribution in [2.24, 2.45) is 11.5 Å². The Kier molecular flexibility index (Phi) is 10.6. The average molecular weight is 395 g/mol. The summed E-state index contributed by atoms with van der Waals surface area (Å²) >= 11 is 7.79. The molecule has 0 saturated heterocycles. The number of carbonyl (C=O) groups excluding carboxylic acids is 4. The molecule has 0 aromatic heterocycles. The highest BCUT2D eigenvalue weighted by Crippen LogP contribution is 1.97. The number of carbonyl (C=O) groups is 5. The van der Waals surface area contributed by atoms with E-state index in [2.05, 4.69) is 35.9 Å². The zero-order chi connectivity index (χ0) is 19.6. The van der Waals surface area contributed by atoms with Crippen LogP contribution in [0, 0.1) is 0 Å². The van der Waals surface area contributed by atoms with Crippen LogP contribution in [0.2, 0.25) is 0 Å². The number of carboxylic acid groups (broad SMARTS) is 1. The summed E-state index contributed by atoms with van der Waals surface area (Å²) < 4.78 is 0. The van der Waals surface area contributed by atoms with Gasteiger partial charge in [0.15, 0.2) is 0 Å². The van der Waals surface area contributed by atoms with Crippen LogP contribution in [0.25, 0.3) is 0 Å². The lowest BCUT2D eigenvalue weighted by Gasteiger charge is -2.22. The minimum Gasteiger partial charge on any atom is -0.480 e. The second-order valence-corrected chi connectivity index (χ2v) is 5.61. The van der Waals surface area contributed by atoms with Gasteiger partial charge in [0.2, 0.25) is 23.6 Å². The van der Waals surface area contributed by atoms with Crippen LogP contribution in [-0.2, 0) is 24.0 Å². The molecular weight excluding hydrogens is 374 g/mol. The molecule has 3 atom stereocenters. The first-order valence-corrected chi connectivity index (χ1v) is 8.24. The Morgan fingerprint density at radius 2 is 1.48 bits per heavy atom. The van der Waals surface area contributed by atoms with Crippen LogP contribution in [0.15, 0.2) is 0 Å². The summed E-state index contributed by atoms with van der Waals surface area (Å²) in [7, 11) is 0. The molecular formula is C12H21N5O6S2. The number of hydrogen-bond donors (Lipinski definition) is 8. The van der Waals surface area contributed by atoms with Crippen molar-refractivity contribution in [3.05, 3.63) is 0 Å². The maximum Gasteiger partial charge on any atom is 0.322 e. The van der Waals surface area contributed by atoms with E-state index in [0.29, 0.717) is 0 Å². The fraction of sp³-hybridized carbons (Fsp3) is 0.583. The van der Waals surface area contributed by atoms with Crippen LogP contribution in [0.4, 0.5) is 0 Å². The molecule has 4 amide bonds. The van der Waals surface area contributed by atoms with Crippen molar-refractivity contribution in [3.8, 4) is 0 Å². The molecule has 0 radical (unpaired) electrons. The van der Waals surface area contributed by atoms with Gasteiger partial charge in [0.1, 0.15) is 18.6 Å². The molecule has 0 heterocycles. The summed E-state index contributed by atoms with van der Waals surface area (Å²) in [5.74, 6) is -4.63. The Morgan fingerprint density at radius 1 is 0.920 bits per heavy atom. The van der Waals surface area contributed by atoms with Gasteiger partial charge in [-0.15, -0.1) is 0 Å². The first-order valence-electron chi connectivity index (χ1n) is 6.98.